The van der Waals surface area contributed by atoms with Crippen LogP contribution >= 0.6 is 24.0 Å². The van der Waals surface area contributed by atoms with E-state index in [1.54, 1.807) is 0 Å². The van der Waals surface area contributed by atoms with Gasteiger partial charge in [0, 0.05) is 38.8 Å². The number of nitrogens with zero attached hydrogens (tertiary/aromatic N) is 1. The summed E-state index contributed by atoms with van der Waals surface area (Å²) in [4.78, 5) is 4.81. The van der Waals surface area contributed by atoms with E-state index in [0.29, 0.717) is 11.8 Å². The van der Waals surface area contributed by atoms with Crippen LogP contribution in [0, 0.1) is 5.92 Å². The molecule has 0 radical (unpaired) electrons. The molecule has 144 valence electrons. The number of hydrogen-bond donors (Lipinski definition) is 2. The van der Waals surface area contributed by atoms with Crippen LogP contribution < -0.4 is 10.6 Å². The van der Waals surface area contributed by atoms with Crippen LogP contribution in [0.25, 0.3) is 0 Å². The third kappa shape index (κ3) is 10.7. The van der Waals surface area contributed by atoms with Gasteiger partial charge in [-0.3, -0.25) is 4.99 Å². The third-order valence-electron chi connectivity index (χ3n) is 4.03. The lowest BCUT2D eigenvalue weighted by atomic mass is 9.88. The van der Waals surface area contributed by atoms with Gasteiger partial charge in [0.2, 0.25) is 0 Å². The van der Waals surface area contributed by atoms with Crippen molar-refractivity contribution in [3.63, 3.8) is 0 Å². The maximum atomic E-state index is 5.37. The second kappa shape index (κ2) is 15.4. The molecule has 1 unspecified atom stereocenters. The molecular weight excluding hydrogens is 425 g/mol. The Bertz CT molecular complexity index is 452. The predicted octanol–water partition coefficient (Wildman–Crippen LogP) is 4.42. The first-order valence-electron chi connectivity index (χ1n) is 9.33. The zero-order valence-electron chi connectivity index (χ0n) is 16.3. The number of nitrogens with one attached hydrogen (secondary N) is 2. The summed E-state index contributed by atoms with van der Waals surface area (Å²) >= 11 is 0. The van der Waals surface area contributed by atoms with E-state index in [9.17, 15) is 0 Å². The summed E-state index contributed by atoms with van der Waals surface area (Å²) in [7, 11) is 0. The highest BCUT2D eigenvalue weighted by atomic mass is 127. The zero-order chi connectivity index (χ0) is 17.6. The number of hydrogen-bond acceptors (Lipinski definition) is 2. The summed E-state index contributed by atoms with van der Waals surface area (Å²) in [6, 6.07) is 10.7. The van der Waals surface area contributed by atoms with E-state index in [2.05, 4.69) is 61.7 Å². The van der Waals surface area contributed by atoms with Crippen molar-refractivity contribution in [1.29, 1.82) is 0 Å². The van der Waals surface area contributed by atoms with E-state index in [4.69, 9.17) is 9.73 Å². The number of unbranched alkanes of at least 4 members (excludes halogenated alkanes) is 1. The van der Waals surface area contributed by atoms with Gasteiger partial charge >= 0.3 is 0 Å². The third-order valence-corrected chi connectivity index (χ3v) is 4.03. The molecule has 0 spiro atoms. The van der Waals surface area contributed by atoms with Crippen LogP contribution in [-0.4, -0.2) is 38.8 Å². The van der Waals surface area contributed by atoms with Crippen molar-refractivity contribution < 1.29 is 4.74 Å². The Morgan fingerprint density at radius 2 is 1.80 bits per heavy atom. The minimum absolute atomic E-state index is 0. The molecule has 1 aromatic rings. The molecule has 25 heavy (non-hydrogen) atoms. The highest BCUT2D eigenvalue weighted by Crippen LogP contribution is 2.24. The van der Waals surface area contributed by atoms with Gasteiger partial charge in [-0.1, -0.05) is 44.2 Å². The van der Waals surface area contributed by atoms with Gasteiger partial charge in [0.25, 0.3) is 0 Å². The first-order chi connectivity index (χ1) is 11.7. The average molecular weight is 461 g/mol. The lowest BCUT2D eigenvalue weighted by molar-refractivity contribution is 0.143. The van der Waals surface area contributed by atoms with Crippen molar-refractivity contribution in [2.24, 2.45) is 10.9 Å². The fraction of sp³-hybridized carbons (Fsp3) is 0.650. The molecule has 4 nitrogen and oxygen atoms in total. The fourth-order valence-electron chi connectivity index (χ4n) is 2.61. The number of halogens is 1. The van der Waals surface area contributed by atoms with Crippen molar-refractivity contribution in [3.05, 3.63) is 35.9 Å². The van der Waals surface area contributed by atoms with Crippen LogP contribution in [0.5, 0.6) is 0 Å². The molecule has 0 amide bonds. The monoisotopic (exact) mass is 461 g/mol. The number of ether oxygens (including phenoxy) is 1. The molecule has 0 bridgehead atoms. The van der Waals surface area contributed by atoms with Gasteiger partial charge in [-0.25, -0.2) is 0 Å². The summed E-state index contributed by atoms with van der Waals surface area (Å²) in [6.45, 7) is 12.9. The Morgan fingerprint density at radius 1 is 1.08 bits per heavy atom. The molecule has 0 aliphatic rings. The Labute approximate surface area is 171 Å². The summed E-state index contributed by atoms with van der Waals surface area (Å²) < 4.78 is 5.37. The maximum Gasteiger partial charge on any atom is 0.191 e. The van der Waals surface area contributed by atoms with Crippen molar-refractivity contribution in [2.75, 3.05) is 32.8 Å². The Hall–Kier alpha value is -0.820. The van der Waals surface area contributed by atoms with Crippen LogP contribution in [0.1, 0.15) is 52.0 Å². The van der Waals surface area contributed by atoms with Crippen LogP contribution in [0.2, 0.25) is 0 Å². The van der Waals surface area contributed by atoms with E-state index in [1.165, 1.54) is 5.56 Å². The van der Waals surface area contributed by atoms with Crippen molar-refractivity contribution in [2.45, 2.75) is 46.5 Å². The van der Waals surface area contributed by atoms with E-state index in [-0.39, 0.29) is 24.0 Å². The maximum absolute atomic E-state index is 5.37. The van der Waals surface area contributed by atoms with Crippen LogP contribution in [-0.2, 0) is 4.74 Å². The zero-order valence-corrected chi connectivity index (χ0v) is 18.6. The van der Waals surface area contributed by atoms with Crippen molar-refractivity contribution in [1.82, 2.24) is 10.6 Å². The SMILES string of the molecule is CCNC(=NCC(c1ccccc1)C(C)C)NCCCCOCC.I. The van der Waals surface area contributed by atoms with Gasteiger partial charge in [-0.15, -0.1) is 24.0 Å². The number of aliphatic imine (C=N–C) groups is 1. The molecule has 1 atom stereocenters. The summed E-state index contributed by atoms with van der Waals surface area (Å²) in [5, 5.41) is 6.76. The van der Waals surface area contributed by atoms with Crippen LogP contribution in [0.3, 0.4) is 0 Å². The van der Waals surface area contributed by atoms with E-state index in [1.807, 2.05) is 6.92 Å². The normalized spacial score (nSPS) is 12.6. The molecule has 0 saturated carbocycles. The van der Waals surface area contributed by atoms with Gasteiger partial charge in [0.1, 0.15) is 0 Å². The highest BCUT2D eigenvalue weighted by Gasteiger charge is 2.15. The van der Waals surface area contributed by atoms with Crippen molar-refractivity contribution >= 4 is 29.9 Å². The minimum atomic E-state index is 0. The molecule has 5 heteroatoms. The molecule has 1 rings (SSSR count). The van der Waals surface area contributed by atoms with Crippen LogP contribution in [0.4, 0.5) is 0 Å². The smallest absolute Gasteiger partial charge is 0.191 e. The quantitative estimate of drug-likeness (QED) is 0.222. The van der Waals surface area contributed by atoms with E-state index < -0.39 is 0 Å². The molecule has 0 aromatic heterocycles. The molecular formula is C20H36IN3O. The number of guanidine groups is 1. The van der Waals surface area contributed by atoms with E-state index in [0.717, 1.165) is 51.6 Å². The standard InChI is InChI=1S/C20H35N3O.HI/c1-5-21-20(22-14-10-11-15-24-6-2)23-16-19(17(3)4)18-12-8-7-9-13-18;/h7-9,12-13,17,19H,5-6,10-11,14-16H2,1-4H3,(H2,21,22,23);1H. The van der Waals surface area contributed by atoms with E-state index >= 15 is 0 Å². The first-order valence-corrected chi connectivity index (χ1v) is 9.33. The predicted molar refractivity (Wildman–Crippen MR) is 119 cm³/mol. The Balaban J connectivity index is 0.00000576. The Morgan fingerprint density at radius 3 is 2.40 bits per heavy atom. The second-order valence-corrected chi connectivity index (χ2v) is 6.31. The van der Waals surface area contributed by atoms with Crippen LogP contribution in [0.15, 0.2) is 35.3 Å². The highest BCUT2D eigenvalue weighted by molar-refractivity contribution is 14.0. The molecule has 0 aliphatic carbocycles. The summed E-state index contributed by atoms with van der Waals surface area (Å²) in [5.41, 5.74) is 1.36. The van der Waals surface area contributed by atoms with Gasteiger partial charge in [0.05, 0.1) is 0 Å². The lowest BCUT2D eigenvalue weighted by Gasteiger charge is -2.20. The lowest BCUT2D eigenvalue weighted by Crippen LogP contribution is -2.38. The van der Waals surface area contributed by atoms with Gasteiger partial charge in [0.15, 0.2) is 5.96 Å². The molecule has 0 aliphatic heterocycles. The summed E-state index contributed by atoms with van der Waals surface area (Å²) in [6.07, 6.45) is 2.18. The fourth-order valence-corrected chi connectivity index (χ4v) is 2.61. The average Bonchev–Trinajstić information content (AvgIpc) is 2.58. The molecule has 2 N–H and O–H groups in total. The molecule has 0 heterocycles. The summed E-state index contributed by atoms with van der Waals surface area (Å²) in [5.74, 6) is 1.92. The topological polar surface area (TPSA) is 45.7 Å². The molecule has 0 saturated heterocycles. The van der Waals surface area contributed by atoms with Crippen molar-refractivity contribution in [3.8, 4) is 0 Å². The Kier molecular flexibility index (Phi) is 14.9. The largest absolute Gasteiger partial charge is 0.382 e. The molecule has 0 fully saturated rings. The van der Waals surface area contributed by atoms with Gasteiger partial charge < -0.3 is 15.4 Å². The number of rotatable bonds is 11. The first kappa shape index (κ1) is 24.2. The second-order valence-electron chi connectivity index (χ2n) is 6.31. The minimum Gasteiger partial charge on any atom is -0.382 e. The van der Waals surface area contributed by atoms with Gasteiger partial charge in [-0.05, 0) is 38.2 Å². The van der Waals surface area contributed by atoms with Gasteiger partial charge in [-0.2, -0.15) is 0 Å². The number of benzene rings is 1. The molecule has 1 aromatic carbocycles.